The number of ketones is 1. The Kier molecular flexibility index (Phi) is 3.93. The first kappa shape index (κ1) is 12.5. The van der Waals surface area contributed by atoms with Gasteiger partial charge in [0.15, 0.2) is 12.4 Å². The molecule has 1 aromatic rings. The molecule has 1 aromatic carbocycles. The highest BCUT2D eigenvalue weighted by atomic mass is 19.4. The summed E-state index contributed by atoms with van der Waals surface area (Å²) in [5.41, 5.74) is 0.474. The van der Waals surface area contributed by atoms with Gasteiger partial charge in [-0.25, -0.2) is 0 Å². The molecule has 0 aromatic heterocycles. The number of halogens is 3. The van der Waals surface area contributed by atoms with E-state index in [0.717, 1.165) is 0 Å². The monoisotopic (exact) mass is 232 g/mol. The van der Waals surface area contributed by atoms with Crippen LogP contribution in [0.4, 0.5) is 13.2 Å². The van der Waals surface area contributed by atoms with Gasteiger partial charge in [0.05, 0.1) is 0 Å². The normalized spacial score (nSPS) is 11.2. The van der Waals surface area contributed by atoms with E-state index in [9.17, 15) is 18.0 Å². The maximum atomic E-state index is 11.8. The van der Waals surface area contributed by atoms with Gasteiger partial charge in [0.1, 0.15) is 5.75 Å². The van der Waals surface area contributed by atoms with E-state index in [0.29, 0.717) is 12.0 Å². The molecular formula is C11H11F3O2. The van der Waals surface area contributed by atoms with Gasteiger partial charge >= 0.3 is 6.18 Å². The molecule has 0 aliphatic carbocycles. The lowest BCUT2D eigenvalue weighted by atomic mass is 10.1. The Morgan fingerprint density at radius 2 is 1.81 bits per heavy atom. The van der Waals surface area contributed by atoms with Crippen LogP contribution >= 0.6 is 0 Å². The van der Waals surface area contributed by atoms with Crippen LogP contribution in [-0.4, -0.2) is 18.6 Å². The van der Waals surface area contributed by atoms with Crippen LogP contribution in [0.1, 0.15) is 23.7 Å². The van der Waals surface area contributed by atoms with E-state index in [1.165, 1.54) is 24.3 Å². The number of rotatable bonds is 4. The molecule has 0 saturated heterocycles. The third-order valence-corrected chi connectivity index (χ3v) is 1.90. The zero-order valence-electron chi connectivity index (χ0n) is 8.67. The second-order valence-corrected chi connectivity index (χ2v) is 3.20. The van der Waals surface area contributed by atoms with Gasteiger partial charge < -0.3 is 4.74 Å². The topological polar surface area (TPSA) is 26.3 Å². The van der Waals surface area contributed by atoms with Gasteiger partial charge in [0.2, 0.25) is 0 Å². The molecule has 0 aliphatic heterocycles. The van der Waals surface area contributed by atoms with Crippen molar-refractivity contribution in [1.29, 1.82) is 0 Å². The summed E-state index contributed by atoms with van der Waals surface area (Å²) in [6.45, 7) is 0.393. The van der Waals surface area contributed by atoms with Crippen molar-refractivity contribution < 1.29 is 22.7 Å². The smallest absolute Gasteiger partial charge is 0.422 e. The molecule has 0 fully saturated rings. The van der Waals surface area contributed by atoms with E-state index in [4.69, 9.17) is 0 Å². The lowest BCUT2D eigenvalue weighted by Gasteiger charge is -2.09. The van der Waals surface area contributed by atoms with Crippen LogP contribution in [0.2, 0.25) is 0 Å². The van der Waals surface area contributed by atoms with E-state index in [-0.39, 0.29) is 11.5 Å². The van der Waals surface area contributed by atoms with Crippen LogP contribution in [0.25, 0.3) is 0 Å². The van der Waals surface area contributed by atoms with E-state index < -0.39 is 12.8 Å². The molecular weight excluding hydrogens is 221 g/mol. The first-order valence-electron chi connectivity index (χ1n) is 4.75. The summed E-state index contributed by atoms with van der Waals surface area (Å²) in [4.78, 5) is 11.2. The molecule has 1 rings (SSSR count). The number of hydrogen-bond acceptors (Lipinski definition) is 2. The quantitative estimate of drug-likeness (QED) is 0.745. The number of Topliss-reactive ketones (excluding diaryl/α,β-unsaturated/α-hetero) is 1. The average molecular weight is 232 g/mol. The molecule has 0 aliphatic rings. The van der Waals surface area contributed by atoms with Gasteiger partial charge in [-0.05, 0) is 24.3 Å². The van der Waals surface area contributed by atoms with Gasteiger partial charge in [0.25, 0.3) is 0 Å². The Hall–Kier alpha value is -1.52. The Bertz CT molecular complexity index is 354. The zero-order valence-corrected chi connectivity index (χ0v) is 8.67. The molecule has 0 amide bonds. The molecule has 0 bridgehead atoms. The van der Waals surface area contributed by atoms with Crippen molar-refractivity contribution in [3.8, 4) is 5.75 Å². The van der Waals surface area contributed by atoms with Crippen molar-refractivity contribution in [2.45, 2.75) is 19.5 Å². The van der Waals surface area contributed by atoms with Crippen LogP contribution in [0.5, 0.6) is 5.75 Å². The summed E-state index contributed by atoms with van der Waals surface area (Å²) < 4.78 is 40.0. The van der Waals surface area contributed by atoms with Crippen LogP contribution < -0.4 is 4.74 Å². The van der Waals surface area contributed by atoms with Crippen LogP contribution in [-0.2, 0) is 0 Å². The summed E-state index contributed by atoms with van der Waals surface area (Å²) in [6.07, 6.45) is -3.99. The molecule has 0 N–H and O–H groups in total. The van der Waals surface area contributed by atoms with Gasteiger partial charge in [0, 0.05) is 12.0 Å². The standard InChI is InChI=1S/C11H11F3O2/c1-2-10(15)8-3-5-9(6-4-8)16-7-11(12,13)14/h3-6H,2,7H2,1H3. The highest BCUT2D eigenvalue weighted by Gasteiger charge is 2.28. The number of alkyl halides is 3. The minimum absolute atomic E-state index is 0.0534. The lowest BCUT2D eigenvalue weighted by molar-refractivity contribution is -0.153. The minimum atomic E-state index is -4.35. The second-order valence-electron chi connectivity index (χ2n) is 3.20. The van der Waals surface area contributed by atoms with Crippen molar-refractivity contribution >= 4 is 5.78 Å². The van der Waals surface area contributed by atoms with Gasteiger partial charge in [-0.2, -0.15) is 13.2 Å². The fourth-order valence-corrected chi connectivity index (χ4v) is 1.11. The highest BCUT2D eigenvalue weighted by molar-refractivity contribution is 5.95. The first-order chi connectivity index (χ1) is 7.42. The Labute approximate surface area is 91.0 Å². The fourth-order valence-electron chi connectivity index (χ4n) is 1.11. The zero-order chi connectivity index (χ0) is 12.2. The Morgan fingerprint density at radius 3 is 2.25 bits per heavy atom. The average Bonchev–Trinajstić information content (AvgIpc) is 2.25. The summed E-state index contributed by atoms with van der Waals surface area (Å²) in [7, 11) is 0. The largest absolute Gasteiger partial charge is 0.484 e. The molecule has 0 heterocycles. The highest BCUT2D eigenvalue weighted by Crippen LogP contribution is 2.19. The molecule has 16 heavy (non-hydrogen) atoms. The van der Waals surface area contributed by atoms with Crippen molar-refractivity contribution in [2.24, 2.45) is 0 Å². The van der Waals surface area contributed by atoms with Crippen molar-refractivity contribution in [1.82, 2.24) is 0 Å². The molecule has 88 valence electrons. The molecule has 0 spiro atoms. The van der Waals surface area contributed by atoms with E-state index in [1.54, 1.807) is 6.92 Å². The predicted octanol–water partition coefficient (Wildman–Crippen LogP) is 3.22. The first-order valence-corrected chi connectivity index (χ1v) is 4.75. The number of ether oxygens (including phenoxy) is 1. The Morgan fingerprint density at radius 1 is 1.25 bits per heavy atom. The summed E-state index contributed by atoms with van der Waals surface area (Å²) in [5.74, 6) is 0.0485. The summed E-state index contributed by atoms with van der Waals surface area (Å²) >= 11 is 0. The Balaban J connectivity index is 2.62. The van der Waals surface area contributed by atoms with E-state index >= 15 is 0 Å². The third kappa shape index (κ3) is 3.92. The SMILES string of the molecule is CCC(=O)c1ccc(OCC(F)(F)F)cc1. The molecule has 0 unspecified atom stereocenters. The van der Waals surface area contributed by atoms with Crippen LogP contribution in [0.15, 0.2) is 24.3 Å². The van der Waals surface area contributed by atoms with E-state index in [1.807, 2.05) is 0 Å². The maximum absolute atomic E-state index is 11.8. The summed E-state index contributed by atoms with van der Waals surface area (Å²) in [5, 5.41) is 0. The minimum Gasteiger partial charge on any atom is -0.484 e. The van der Waals surface area contributed by atoms with Crippen LogP contribution in [0, 0.1) is 0 Å². The fraction of sp³-hybridized carbons (Fsp3) is 0.364. The molecule has 0 atom stereocenters. The summed E-state index contributed by atoms with van der Waals surface area (Å²) in [6, 6.07) is 5.62. The van der Waals surface area contributed by atoms with E-state index in [2.05, 4.69) is 4.74 Å². The molecule has 2 nitrogen and oxygen atoms in total. The van der Waals surface area contributed by atoms with Crippen LogP contribution in [0.3, 0.4) is 0 Å². The molecule has 5 heteroatoms. The van der Waals surface area contributed by atoms with Crippen molar-refractivity contribution in [2.75, 3.05) is 6.61 Å². The molecule has 0 saturated carbocycles. The maximum Gasteiger partial charge on any atom is 0.422 e. The number of hydrogen-bond donors (Lipinski definition) is 0. The van der Waals surface area contributed by atoms with Gasteiger partial charge in [-0.15, -0.1) is 0 Å². The van der Waals surface area contributed by atoms with Gasteiger partial charge in [-0.3, -0.25) is 4.79 Å². The number of benzene rings is 1. The lowest BCUT2D eigenvalue weighted by Crippen LogP contribution is -2.19. The van der Waals surface area contributed by atoms with Crippen molar-refractivity contribution in [3.05, 3.63) is 29.8 Å². The third-order valence-electron chi connectivity index (χ3n) is 1.90. The molecule has 0 radical (unpaired) electrons. The number of carbonyl (C=O) groups is 1. The second kappa shape index (κ2) is 5.01. The van der Waals surface area contributed by atoms with Gasteiger partial charge in [-0.1, -0.05) is 6.92 Å². The van der Waals surface area contributed by atoms with Crippen molar-refractivity contribution in [3.63, 3.8) is 0 Å². The predicted molar refractivity (Wildman–Crippen MR) is 52.6 cm³/mol. The number of carbonyl (C=O) groups excluding carboxylic acids is 1.